The van der Waals surface area contributed by atoms with Crippen LogP contribution in [0.2, 0.25) is 0 Å². The van der Waals surface area contributed by atoms with E-state index in [2.05, 4.69) is 11.4 Å². The first-order valence-electron chi connectivity index (χ1n) is 8.68. The molecular weight excluding hydrogens is 376 g/mol. The lowest BCUT2D eigenvalue weighted by molar-refractivity contribution is -0.605. The minimum atomic E-state index is -0.736. The van der Waals surface area contributed by atoms with Crippen molar-refractivity contribution in [3.8, 4) is 6.07 Å². The fourth-order valence-electron chi connectivity index (χ4n) is 2.82. The van der Waals surface area contributed by atoms with Gasteiger partial charge >= 0.3 is 5.97 Å². The van der Waals surface area contributed by atoms with Gasteiger partial charge in [-0.05, 0) is 31.5 Å². The Hall–Kier alpha value is -4.06. The first kappa shape index (κ1) is 19.7. The zero-order chi connectivity index (χ0) is 21.0. The molecule has 0 radical (unpaired) electrons. The second kappa shape index (κ2) is 8.31. The maximum atomic E-state index is 12.4. The number of hydrogen-bond acceptors (Lipinski definition) is 6. The number of nitriles is 1. The highest BCUT2D eigenvalue weighted by atomic mass is 16.5. The summed E-state index contributed by atoms with van der Waals surface area (Å²) >= 11 is 0. The Kier molecular flexibility index (Phi) is 5.64. The van der Waals surface area contributed by atoms with Crippen LogP contribution in [0.15, 0.2) is 47.3 Å². The molecule has 0 bridgehead atoms. The third-order valence-corrected chi connectivity index (χ3v) is 4.47. The molecule has 3 rings (SSSR count). The molecule has 9 nitrogen and oxygen atoms in total. The van der Waals surface area contributed by atoms with Crippen molar-refractivity contribution in [3.05, 3.63) is 76.3 Å². The smallest absolute Gasteiger partial charge is 0.339 e. The number of pyridine rings is 1. The number of rotatable bonds is 6. The summed E-state index contributed by atoms with van der Waals surface area (Å²) in [6.07, 6.45) is 3.85. The fraction of sp³-hybridized carbons (Fsp3) is 0.200. The predicted molar refractivity (Wildman–Crippen MR) is 101 cm³/mol. The number of nitrogens with one attached hydrogen (secondary N) is 1. The fourth-order valence-corrected chi connectivity index (χ4v) is 2.82. The standard InChI is InChI=1S/C20H18N4O5/c1-13-14(2)24(11-16-4-3-9-28-16)19(17(13)10-21)22-18(25)12-29-20(26)15-5-7-23(27)8-6-15/h3-9H,11-12H2,1-2H3,(H,22,25). The van der Waals surface area contributed by atoms with Crippen LogP contribution in [0.4, 0.5) is 5.82 Å². The average molecular weight is 394 g/mol. The molecule has 3 heterocycles. The van der Waals surface area contributed by atoms with Crippen molar-refractivity contribution in [2.24, 2.45) is 0 Å². The minimum absolute atomic E-state index is 0.149. The minimum Gasteiger partial charge on any atom is -0.619 e. The van der Waals surface area contributed by atoms with E-state index in [9.17, 15) is 20.1 Å². The van der Waals surface area contributed by atoms with Crippen molar-refractivity contribution < 1.29 is 23.5 Å². The number of carbonyl (C=O) groups is 2. The SMILES string of the molecule is Cc1c(C#N)c(NC(=O)COC(=O)c2cc[n+]([O-])cc2)n(Cc2ccco2)c1C. The van der Waals surface area contributed by atoms with Gasteiger partial charge < -0.3 is 24.2 Å². The number of esters is 1. The molecule has 0 fully saturated rings. The quantitative estimate of drug-likeness (QED) is 0.388. The van der Waals surface area contributed by atoms with E-state index >= 15 is 0 Å². The highest BCUT2D eigenvalue weighted by Crippen LogP contribution is 2.27. The number of aromatic nitrogens is 2. The van der Waals surface area contributed by atoms with E-state index in [0.717, 1.165) is 23.7 Å². The summed E-state index contributed by atoms with van der Waals surface area (Å²) in [5.41, 5.74) is 2.02. The average Bonchev–Trinajstić information content (AvgIpc) is 3.30. The Balaban J connectivity index is 1.74. The van der Waals surface area contributed by atoms with Gasteiger partial charge in [-0.25, -0.2) is 4.79 Å². The summed E-state index contributed by atoms with van der Waals surface area (Å²) in [6.45, 7) is 3.42. The van der Waals surface area contributed by atoms with Crippen molar-refractivity contribution in [2.75, 3.05) is 11.9 Å². The van der Waals surface area contributed by atoms with Crippen LogP contribution in [0.1, 0.15) is 32.9 Å². The second-order valence-electron chi connectivity index (χ2n) is 6.28. The highest BCUT2D eigenvalue weighted by molar-refractivity contribution is 5.96. The molecule has 3 aromatic rings. The van der Waals surface area contributed by atoms with Gasteiger partial charge in [-0.2, -0.15) is 9.99 Å². The van der Waals surface area contributed by atoms with E-state index < -0.39 is 18.5 Å². The third-order valence-electron chi connectivity index (χ3n) is 4.47. The molecule has 9 heteroatoms. The Bertz CT molecular complexity index is 1080. The lowest BCUT2D eigenvalue weighted by Gasteiger charge is -2.12. The molecule has 1 N–H and O–H groups in total. The number of ether oxygens (including phenoxy) is 1. The number of hydrogen-bond donors (Lipinski definition) is 1. The van der Waals surface area contributed by atoms with Crippen LogP contribution in [0.25, 0.3) is 0 Å². The van der Waals surface area contributed by atoms with Gasteiger partial charge in [0.2, 0.25) is 0 Å². The lowest BCUT2D eigenvalue weighted by Crippen LogP contribution is -2.26. The number of anilines is 1. The first-order valence-corrected chi connectivity index (χ1v) is 8.68. The van der Waals surface area contributed by atoms with Gasteiger partial charge in [0.05, 0.1) is 23.9 Å². The first-order chi connectivity index (χ1) is 13.9. The van der Waals surface area contributed by atoms with Gasteiger partial charge in [-0.1, -0.05) is 0 Å². The van der Waals surface area contributed by atoms with Gasteiger partial charge in [0.1, 0.15) is 17.6 Å². The Morgan fingerprint density at radius 3 is 2.66 bits per heavy atom. The normalized spacial score (nSPS) is 10.4. The summed E-state index contributed by atoms with van der Waals surface area (Å²) in [5.74, 6) is -0.358. The number of furan rings is 1. The van der Waals surface area contributed by atoms with E-state index in [1.165, 1.54) is 12.1 Å². The maximum absolute atomic E-state index is 12.4. The molecule has 0 spiro atoms. The topological polar surface area (TPSA) is 124 Å². The van der Waals surface area contributed by atoms with Crippen LogP contribution < -0.4 is 10.0 Å². The van der Waals surface area contributed by atoms with Gasteiger partial charge in [-0.15, -0.1) is 0 Å². The molecule has 0 unspecified atom stereocenters. The molecule has 29 heavy (non-hydrogen) atoms. The molecule has 0 aliphatic carbocycles. The second-order valence-corrected chi connectivity index (χ2v) is 6.28. The number of carbonyl (C=O) groups excluding carboxylic acids is 2. The zero-order valence-electron chi connectivity index (χ0n) is 15.8. The molecule has 0 aromatic carbocycles. The van der Waals surface area contributed by atoms with Gasteiger partial charge in [-0.3, -0.25) is 4.79 Å². The molecule has 0 saturated carbocycles. The molecule has 1 amide bonds. The van der Waals surface area contributed by atoms with Crippen LogP contribution in [-0.4, -0.2) is 23.1 Å². The molecule has 0 atom stereocenters. The van der Waals surface area contributed by atoms with E-state index in [4.69, 9.17) is 9.15 Å². The number of nitrogens with zero attached hydrogens (tertiary/aromatic N) is 3. The summed E-state index contributed by atoms with van der Waals surface area (Å²) in [7, 11) is 0. The zero-order valence-corrected chi connectivity index (χ0v) is 15.8. The Labute approximate surface area is 166 Å². The van der Waals surface area contributed by atoms with Crippen molar-refractivity contribution in [2.45, 2.75) is 20.4 Å². The number of amides is 1. The highest BCUT2D eigenvalue weighted by Gasteiger charge is 2.21. The van der Waals surface area contributed by atoms with Crippen LogP contribution in [0.5, 0.6) is 0 Å². The lowest BCUT2D eigenvalue weighted by atomic mass is 10.2. The molecule has 0 aliphatic rings. The Morgan fingerprint density at radius 2 is 2.03 bits per heavy atom. The van der Waals surface area contributed by atoms with Crippen molar-refractivity contribution >= 4 is 17.7 Å². The van der Waals surface area contributed by atoms with Crippen molar-refractivity contribution in [1.29, 1.82) is 5.26 Å². The molecule has 3 aromatic heterocycles. The van der Waals surface area contributed by atoms with Crippen LogP contribution in [0.3, 0.4) is 0 Å². The largest absolute Gasteiger partial charge is 0.619 e. The summed E-state index contributed by atoms with van der Waals surface area (Å²) in [5, 5.41) is 23.2. The summed E-state index contributed by atoms with van der Waals surface area (Å²) < 4.78 is 12.6. The molecular formula is C20H18N4O5. The van der Waals surface area contributed by atoms with Gasteiger partial charge in [0.15, 0.2) is 19.0 Å². The van der Waals surface area contributed by atoms with E-state index in [1.807, 2.05) is 6.92 Å². The summed E-state index contributed by atoms with van der Waals surface area (Å²) in [4.78, 5) is 24.3. The predicted octanol–water partition coefficient (Wildman–Crippen LogP) is 2.05. The van der Waals surface area contributed by atoms with E-state index in [-0.39, 0.29) is 5.56 Å². The van der Waals surface area contributed by atoms with Crippen LogP contribution in [0, 0.1) is 30.4 Å². The van der Waals surface area contributed by atoms with Crippen molar-refractivity contribution in [3.63, 3.8) is 0 Å². The monoisotopic (exact) mass is 394 g/mol. The van der Waals surface area contributed by atoms with Crippen LogP contribution in [-0.2, 0) is 16.1 Å². The third kappa shape index (κ3) is 4.27. The molecule has 0 saturated heterocycles. The maximum Gasteiger partial charge on any atom is 0.339 e. The summed E-state index contributed by atoms with van der Waals surface area (Å²) in [6, 6.07) is 8.23. The molecule has 0 aliphatic heterocycles. The van der Waals surface area contributed by atoms with Crippen molar-refractivity contribution in [1.82, 2.24) is 4.57 Å². The van der Waals surface area contributed by atoms with Gasteiger partial charge in [0, 0.05) is 17.8 Å². The van der Waals surface area contributed by atoms with E-state index in [1.54, 1.807) is 29.9 Å². The Morgan fingerprint density at radius 1 is 1.31 bits per heavy atom. The van der Waals surface area contributed by atoms with E-state index in [0.29, 0.717) is 28.4 Å². The van der Waals surface area contributed by atoms with Gasteiger partial charge in [0.25, 0.3) is 5.91 Å². The van der Waals surface area contributed by atoms with Crippen LogP contribution >= 0.6 is 0 Å². The molecule has 148 valence electrons.